The van der Waals surface area contributed by atoms with Crippen molar-refractivity contribution in [3.8, 4) is 0 Å². The van der Waals surface area contributed by atoms with Crippen LogP contribution in [-0.4, -0.2) is 118 Å². The number of carbonyl (C=O) groups excluding carboxylic acids is 2. The van der Waals surface area contributed by atoms with E-state index in [0.717, 1.165) is 25.1 Å². The second-order valence-corrected chi connectivity index (χ2v) is 13.6. The molecule has 0 atom stereocenters. The predicted molar refractivity (Wildman–Crippen MR) is 187 cm³/mol. The van der Waals surface area contributed by atoms with Crippen molar-refractivity contribution in [3.05, 3.63) is 76.1 Å². The van der Waals surface area contributed by atoms with Gasteiger partial charge in [-0.05, 0) is 25.8 Å². The summed E-state index contributed by atoms with van der Waals surface area (Å²) in [5, 5.41) is 7.76. The van der Waals surface area contributed by atoms with Crippen molar-refractivity contribution in [1.82, 2.24) is 9.80 Å². The van der Waals surface area contributed by atoms with Gasteiger partial charge in [-0.1, -0.05) is 57.7 Å². The van der Waals surface area contributed by atoms with Gasteiger partial charge in [-0.25, -0.2) is 8.42 Å². The molecule has 0 aliphatic rings. The van der Waals surface area contributed by atoms with Crippen LogP contribution in [0.1, 0.15) is 27.2 Å². The third-order valence-corrected chi connectivity index (χ3v) is 4.37. The standard InChI is InChI=1S/C6H9NO.C6H15N.2C4H8O3S.C4H6O.C3H6O.CH3ClO2S/c1-3-5-7(4-2)6-8;1-4-7(5-2)6-3;2*1-3-4-7-8(2,5)6;1-2-3-4-5;1-2-3-4;1-5(2,3)4/h3-4,6H,1-2,5H2;4-6H2,1-3H3;2*3H,1,4H2,2H3;2,4H,1,3H2;2,4H,1,3H2;1H3. The monoisotopic (exact) mass is 726 g/mol. The minimum absolute atomic E-state index is 0.0544. The van der Waals surface area contributed by atoms with Crippen LogP contribution >= 0.6 is 10.7 Å². The predicted octanol–water partition coefficient (Wildman–Crippen LogP) is 3.53. The first-order valence-electron chi connectivity index (χ1n) is 12.9. The molecule has 17 heteroatoms. The van der Waals surface area contributed by atoms with Crippen molar-refractivity contribution in [2.75, 3.05) is 64.8 Å². The Hall–Kier alpha value is -2.44. The molecule has 0 aliphatic carbocycles. The maximum absolute atomic E-state index is 10.1. The molecular formula is C28H55ClN2O11S3. The lowest BCUT2D eigenvalue weighted by Crippen LogP contribution is -2.21. The Kier molecular flexibility index (Phi) is 56.4. The maximum atomic E-state index is 10.1. The number of carbonyl (C=O) groups is 2. The molecule has 0 fully saturated rings. The quantitative estimate of drug-likeness (QED) is 0.106. The highest BCUT2D eigenvalue weighted by Gasteiger charge is 1.96. The fraction of sp³-hybridized carbons (Fsp3) is 0.500. The average Bonchev–Trinajstić information content (AvgIpc) is 2.95. The van der Waals surface area contributed by atoms with Gasteiger partial charge < -0.3 is 19.7 Å². The summed E-state index contributed by atoms with van der Waals surface area (Å²) in [5.41, 5.74) is 0. The highest BCUT2D eigenvalue weighted by atomic mass is 35.7. The van der Waals surface area contributed by atoms with E-state index in [1.165, 1.54) is 49.0 Å². The molecule has 0 radical (unpaired) electrons. The van der Waals surface area contributed by atoms with E-state index in [0.29, 0.717) is 19.4 Å². The molecule has 0 saturated heterocycles. The van der Waals surface area contributed by atoms with E-state index in [4.69, 9.17) is 5.11 Å². The summed E-state index contributed by atoms with van der Waals surface area (Å²) in [5.74, 6) is 0. The van der Waals surface area contributed by atoms with Crippen molar-refractivity contribution in [1.29, 1.82) is 0 Å². The number of nitrogens with zero attached hydrogens (tertiary/aromatic N) is 2. The van der Waals surface area contributed by atoms with Gasteiger partial charge in [0, 0.05) is 23.6 Å². The van der Waals surface area contributed by atoms with Crippen molar-refractivity contribution < 1.29 is 48.3 Å². The van der Waals surface area contributed by atoms with Gasteiger partial charge in [-0.2, -0.15) is 16.8 Å². The van der Waals surface area contributed by atoms with Crippen LogP contribution in [0.15, 0.2) is 76.1 Å². The third kappa shape index (κ3) is 117. The largest absolute Gasteiger partial charge is 0.392 e. The molecule has 268 valence electrons. The van der Waals surface area contributed by atoms with Crippen LogP contribution in [0.2, 0.25) is 0 Å². The molecule has 0 heterocycles. The molecule has 0 saturated carbocycles. The molecule has 0 rings (SSSR count). The Morgan fingerprint density at radius 1 is 0.689 bits per heavy atom. The van der Waals surface area contributed by atoms with E-state index in [1.54, 1.807) is 12.2 Å². The number of allylic oxidation sites excluding steroid dienone is 1. The molecule has 0 spiro atoms. The minimum atomic E-state index is -3.26. The van der Waals surface area contributed by atoms with Crippen molar-refractivity contribution in [2.45, 2.75) is 27.2 Å². The number of aliphatic hydroxyl groups excluding tert-OH is 1. The van der Waals surface area contributed by atoms with Gasteiger partial charge in [-0.15, -0.1) is 32.9 Å². The molecule has 0 bridgehead atoms. The summed E-state index contributed by atoms with van der Waals surface area (Å²) in [4.78, 5) is 23.0. The van der Waals surface area contributed by atoms with Gasteiger partial charge >= 0.3 is 0 Å². The average molecular weight is 727 g/mol. The zero-order valence-corrected chi connectivity index (χ0v) is 30.8. The lowest BCUT2D eigenvalue weighted by atomic mass is 10.5. The van der Waals surface area contributed by atoms with Crippen LogP contribution in [0.5, 0.6) is 0 Å². The number of hydrogen-bond acceptors (Lipinski definition) is 12. The Balaban J connectivity index is -0.0000000759. The SMILES string of the molecule is C=CCC=O.C=CCN(C=C)C=O.C=CCO.C=CCOS(C)(=O)=O.C=CCOS(C)(=O)=O.CCN(CC)CC.CS(=O)(=O)Cl. The fourth-order valence-electron chi connectivity index (χ4n) is 1.39. The van der Waals surface area contributed by atoms with Crippen LogP contribution in [0, 0.1) is 0 Å². The van der Waals surface area contributed by atoms with Gasteiger partial charge in [0.25, 0.3) is 20.2 Å². The Morgan fingerprint density at radius 3 is 1.07 bits per heavy atom. The van der Waals surface area contributed by atoms with E-state index < -0.39 is 29.3 Å². The van der Waals surface area contributed by atoms with Crippen molar-refractivity contribution >= 4 is 52.7 Å². The summed E-state index contributed by atoms with van der Waals surface area (Å²) < 4.78 is 67.7. The highest BCUT2D eigenvalue weighted by Crippen LogP contribution is 1.85. The first-order valence-corrected chi connectivity index (χ1v) is 19.2. The Labute approximate surface area is 277 Å². The number of rotatable bonds is 16. The van der Waals surface area contributed by atoms with Crippen LogP contribution < -0.4 is 0 Å². The first kappa shape index (κ1) is 58.1. The smallest absolute Gasteiger partial charge is 0.264 e. The van der Waals surface area contributed by atoms with Crippen molar-refractivity contribution in [3.63, 3.8) is 0 Å². The lowest BCUT2D eigenvalue weighted by Gasteiger charge is -2.13. The summed E-state index contributed by atoms with van der Waals surface area (Å²) in [6.07, 6.45) is 13.7. The highest BCUT2D eigenvalue weighted by molar-refractivity contribution is 8.13. The van der Waals surface area contributed by atoms with Crippen LogP contribution in [0.4, 0.5) is 0 Å². The maximum Gasteiger partial charge on any atom is 0.264 e. The molecule has 13 nitrogen and oxygen atoms in total. The number of halogens is 1. The number of aliphatic hydroxyl groups is 1. The number of aldehydes is 1. The molecule has 0 aliphatic heterocycles. The topological polar surface area (TPSA) is 182 Å². The van der Waals surface area contributed by atoms with Gasteiger partial charge in [0.1, 0.15) is 6.29 Å². The van der Waals surface area contributed by atoms with E-state index in [1.807, 2.05) is 0 Å². The van der Waals surface area contributed by atoms with Crippen LogP contribution in [0.3, 0.4) is 0 Å². The van der Waals surface area contributed by atoms with E-state index in [2.05, 4.69) is 84.2 Å². The molecule has 0 aromatic carbocycles. The van der Waals surface area contributed by atoms with E-state index in [-0.39, 0.29) is 19.8 Å². The van der Waals surface area contributed by atoms with Crippen LogP contribution in [0.25, 0.3) is 0 Å². The molecule has 0 unspecified atom stereocenters. The molecular weight excluding hydrogens is 672 g/mol. The van der Waals surface area contributed by atoms with Crippen molar-refractivity contribution in [2.24, 2.45) is 0 Å². The normalized spacial score (nSPS) is 9.44. The van der Waals surface area contributed by atoms with Gasteiger partial charge in [0.2, 0.25) is 15.5 Å². The number of amides is 1. The van der Waals surface area contributed by atoms with Gasteiger partial charge in [0.05, 0.1) is 38.6 Å². The zero-order valence-electron chi connectivity index (χ0n) is 27.5. The van der Waals surface area contributed by atoms with Gasteiger partial charge in [-0.3, -0.25) is 13.2 Å². The fourth-order valence-corrected chi connectivity index (χ4v) is 2.08. The molecule has 1 amide bonds. The molecule has 45 heavy (non-hydrogen) atoms. The van der Waals surface area contributed by atoms with E-state index >= 15 is 0 Å². The Morgan fingerprint density at radius 2 is 1.02 bits per heavy atom. The second kappa shape index (κ2) is 43.7. The molecule has 1 N–H and O–H groups in total. The lowest BCUT2D eigenvalue weighted by molar-refractivity contribution is -0.115. The van der Waals surface area contributed by atoms with E-state index in [9.17, 15) is 34.8 Å². The Bertz CT molecular complexity index is 992. The number of hydrogen-bond donors (Lipinski definition) is 1. The zero-order chi connectivity index (χ0) is 37.4. The summed E-state index contributed by atoms with van der Waals surface area (Å²) in [7, 11) is -5.21. The van der Waals surface area contributed by atoms with Gasteiger partial charge in [0.15, 0.2) is 0 Å². The first-order chi connectivity index (χ1) is 20.6. The molecule has 0 aromatic rings. The summed E-state index contributed by atoms with van der Waals surface area (Å²) in [6.45, 7) is 30.8. The second-order valence-electron chi connectivity index (χ2n) is 7.29. The minimum Gasteiger partial charge on any atom is -0.392 e. The summed E-state index contributed by atoms with van der Waals surface area (Å²) in [6, 6.07) is 0. The summed E-state index contributed by atoms with van der Waals surface area (Å²) >= 11 is 0. The molecule has 0 aromatic heterocycles. The van der Waals surface area contributed by atoms with Crippen LogP contribution in [-0.2, 0) is 47.2 Å². The third-order valence-electron chi connectivity index (χ3n) is 3.24.